The first-order valence-corrected chi connectivity index (χ1v) is 9.56. The lowest BCUT2D eigenvalue weighted by Gasteiger charge is -2.34. The number of hydrogen-bond donors (Lipinski definition) is 1. The molecule has 0 spiro atoms. The van der Waals surface area contributed by atoms with Crippen molar-refractivity contribution in [3.63, 3.8) is 0 Å². The van der Waals surface area contributed by atoms with Crippen LogP contribution < -0.4 is 10.5 Å². The Morgan fingerprint density at radius 2 is 1.56 bits per heavy atom. The van der Waals surface area contributed by atoms with Crippen LogP contribution in [0.1, 0.15) is 23.1 Å². The first-order valence-electron chi connectivity index (χ1n) is 9.56. The van der Waals surface area contributed by atoms with Crippen molar-refractivity contribution < 1.29 is 9.53 Å². The van der Waals surface area contributed by atoms with Crippen LogP contribution >= 0.6 is 0 Å². The van der Waals surface area contributed by atoms with E-state index in [1.165, 1.54) is 16.7 Å². The molecule has 2 aromatic carbocycles. The molecule has 2 aromatic rings. The lowest BCUT2D eigenvalue weighted by Crippen LogP contribution is -2.46. The first-order chi connectivity index (χ1) is 13.0. The number of primary amides is 1. The van der Waals surface area contributed by atoms with Gasteiger partial charge in [0, 0.05) is 45.7 Å². The summed E-state index contributed by atoms with van der Waals surface area (Å²) in [7, 11) is 0. The second kappa shape index (κ2) is 9.02. The van der Waals surface area contributed by atoms with Gasteiger partial charge in [0.25, 0.3) is 0 Å². The Labute approximate surface area is 161 Å². The highest BCUT2D eigenvalue weighted by Crippen LogP contribution is 2.24. The topological polar surface area (TPSA) is 58.8 Å². The Balaban J connectivity index is 1.48. The van der Waals surface area contributed by atoms with Gasteiger partial charge in [-0.15, -0.1) is 0 Å². The van der Waals surface area contributed by atoms with Crippen LogP contribution in [0.2, 0.25) is 0 Å². The quantitative estimate of drug-likeness (QED) is 0.817. The van der Waals surface area contributed by atoms with E-state index in [1.807, 2.05) is 18.2 Å². The molecule has 1 saturated heterocycles. The van der Waals surface area contributed by atoms with E-state index < -0.39 is 0 Å². The summed E-state index contributed by atoms with van der Waals surface area (Å²) in [6, 6.07) is 14.5. The number of ether oxygens (including phenoxy) is 1. The molecular weight excluding hydrogens is 338 g/mol. The van der Waals surface area contributed by atoms with E-state index in [4.69, 9.17) is 10.5 Å². The monoisotopic (exact) mass is 367 g/mol. The first kappa shape index (κ1) is 19.4. The lowest BCUT2D eigenvalue weighted by atomic mass is 10.1. The number of amides is 1. The van der Waals surface area contributed by atoms with Gasteiger partial charge in [0.1, 0.15) is 11.5 Å². The molecule has 1 amide bonds. The SMILES string of the molecule is Cc1ccc(Oc2ccc(CN3CCN(CCC(N)=O)CC3)cc2)cc1C. The Morgan fingerprint density at radius 3 is 2.19 bits per heavy atom. The van der Waals surface area contributed by atoms with E-state index in [1.54, 1.807) is 0 Å². The summed E-state index contributed by atoms with van der Waals surface area (Å²) in [5, 5.41) is 0. The molecule has 144 valence electrons. The van der Waals surface area contributed by atoms with Crippen molar-refractivity contribution in [2.75, 3.05) is 32.7 Å². The number of carbonyl (C=O) groups is 1. The minimum absolute atomic E-state index is 0.222. The number of aryl methyl sites for hydroxylation is 2. The highest BCUT2D eigenvalue weighted by molar-refractivity contribution is 5.73. The maximum absolute atomic E-state index is 10.9. The van der Waals surface area contributed by atoms with Crippen LogP contribution in [0.25, 0.3) is 0 Å². The normalized spacial score (nSPS) is 15.6. The average Bonchev–Trinajstić information content (AvgIpc) is 2.66. The summed E-state index contributed by atoms with van der Waals surface area (Å²) in [5.41, 5.74) is 9.02. The van der Waals surface area contributed by atoms with Crippen molar-refractivity contribution in [1.82, 2.24) is 9.80 Å². The molecule has 3 rings (SSSR count). The Morgan fingerprint density at radius 1 is 0.926 bits per heavy atom. The zero-order chi connectivity index (χ0) is 19.2. The Hall–Kier alpha value is -2.37. The van der Waals surface area contributed by atoms with Crippen molar-refractivity contribution in [1.29, 1.82) is 0 Å². The van der Waals surface area contributed by atoms with Crippen LogP contribution in [-0.2, 0) is 11.3 Å². The number of carbonyl (C=O) groups excluding carboxylic acids is 1. The Kier molecular flexibility index (Phi) is 6.48. The van der Waals surface area contributed by atoms with Gasteiger partial charge in [0.15, 0.2) is 0 Å². The Bertz CT molecular complexity index is 766. The van der Waals surface area contributed by atoms with Crippen LogP contribution in [-0.4, -0.2) is 48.4 Å². The largest absolute Gasteiger partial charge is 0.457 e. The zero-order valence-corrected chi connectivity index (χ0v) is 16.3. The van der Waals surface area contributed by atoms with Gasteiger partial charge in [-0.25, -0.2) is 0 Å². The molecule has 27 heavy (non-hydrogen) atoms. The van der Waals surface area contributed by atoms with E-state index in [0.29, 0.717) is 6.42 Å². The molecule has 1 fully saturated rings. The second-order valence-electron chi connectivity index (χ2n) is 7.33. The van der Waals surface area contributed by atoms with Crippen molar-refractivity contribution in [3.05, 3.63) is 59.2 Å². The van der Waals surface area contributed by atoms with Crippen LogP contribution in [0.4, 0.5) is 0 Å². The predicted molar refractivity (Wildman–Crippen MR) is 108 cm³/mol. The molecule has 1 aliphatic heterocycles. The average molecular weight is 367 g/mol. The van der Waals surface area contributed by atoms with Crippen molar-refractivity contribution >= 4 is 5.91 Å². The van der Waals surface area contributed by atoms with E-state index >= 15 is 0 Å². The fourth-order valence-electron chi connectivity index (χ4n) is 3.27. The minimum Gasteiger partial charge on any atom is -0.457 e. The van der Waals surface area contributed by atoms with Gasteiger partial charge in [0.05, 0.1) is 0 Å². The standard InChI is InChI=1S/C22H29N3O2/c1-17-3-6-21(15-18(17)2)27-20-7-4-19(5-8-20)16-25-13-11-24(12-14-25)10-9-22(23)26/h3-8,15H,9-14,16H2,1-2H3,(H2,23,26). The number of piperazine rings is 1. The summed E-state index contributed by atoms with van der Waals surface area (Å²) in [6.45, 7) is 9.91. The zero-order valence-electron chi connectivity index (χ0n) is 16.3. The molecule has 0 bridgehead atoms. The van der Waals surface area contributed by atoms with Gasteiger partial charge in [-0.1, -0.05) is 18.2 Å². The van der Waals surface area contributed by atoms with Crippen molar-refractivity contribution in [2.24, 2.45) is 5.73 Å². The number of benzene rings is 2. The molecule has 0 aromatic heterocycles. The number of nitrogens with zero attached hydrogens (tertiary/aromatic N) is 2. The van der Waals surface area contributed by atoms with Crippen LogP contribution in [0.3, 0.4) is 0 Å². The third-order valence-electron chi connectivity index (χ3n) is 5.18. The predicted octanol–water partition coefficient (Wildman–Crippen LogP) is 3.09. The summed E-state index contributed by atoms with van der Waals surface area (Å²) in [6.07, 6.45) is 0.446. The molecule has 5 nitrogen and oxygen atoms in total. The molecule has 0 saturated carbocycles. The highest BCUT2D eigenvalue weighted by atomic mass is 16.5. The maximum Gasteiger partial charge on any atom is 0.218 e. The smallest absolute Gasteiger partial charge is 0.218 e. The highest BCUT2D eigenvalue weighted by Gasteiger charge is 2.17. The van der Waals surface area contributed by atoms with E-state index in [9.17, 15) is 4.79 Å². The number of hydrogen-bond acceptors (Lipinski definition) is 4. The third kappa shape index (κ3) is 5.81. The van der Waals surface area contributed by atoms with Gasteiger partial charge in [-0.3, -0.25) is 9.69 Å². The van der Waals surface area contributed by atoms with E-state index in [-0.39, 0.29) is 5.91 Å². The van der Waals surface area contributed by atoms with Gasteiger partial charge in [-0.05, 0) is 54.8 Å². The van der Waals surface area contributed by atoms with Crippen molar-refractivity contribution in [2.45, 2.75) is 26.8 Å². The molecule has 0 unspecified atom stereocenters. The van der Waals surface area contributed by atoms with Crippen LogP contribution in [0.5, 0.6) is 11.5 Å². The molecule has 5 heteroatoms. The molecule has 0 radical (unpaired) electrons. The number of nitrogens with two attached hydrogens (primary N) is 1. The van der Waals surface area contributed by atoms with Gasteiger partial charge in [-0.2, -0.15) is 0 Å². The van der Waals surface area contributed by atoms with Crippen LogP contribution in [0, 0.1) is 13.8 Å². The molecular formula is C22H29N3O2. The lowest BCUT2D eigenvalue weighted by molar-refractivity contribution is -0.118. The van der Waals surface area contributed by atoms with Crippen molar-refractivity contribution in [3.8, 4) is 11.5 Å². The molecule has 0 aliphatic carbocycles. The summed E-state index contributed by atoms with van der Waals surface area (Å²) in [5.74, 6) is 1.51. The second-order valence-corrected chi connectivity index (χ2v) is 7.33. The molecule has 0 atom stereocenters. The summed E-state index contributed by atoms with van der Waals surface area (Å²) in [4.78, 5) is 15.6. The molecule has 1 aliphatic rings. The van der Waals surface area contributed by atoms with E-state index in [0.717, 1.165) is 50.8 Å². The fourth-order valence-corrected chi connectivity index (χ4v) is 3.27. The fraction of sp³-hybridized carbons (Fsp3) is 0.409. The minimum atomic E-state index is -0.222. The molecule has 2 N–H and O–H groups in total. The summed E-state index contributed by atoms with van der Waals surface area (Å²) < 4.78 is 5.96. The van der Waals surface area contributed by atoms with E-state index in [2.05, 4.69) is 47.9 Å². The summed E-state index contributed by atoms with van der Waals surface area (Å²) >= 11 is 0. The van der Waals surface area contributed by atoms with Gasteiger partial charge in [0.2, 0.25) is 5.91 Å². The van der Waals surface area contributed by atoms with Gasteiger partial charge < -0.3 is 15.4 Å². The molecule has 1 heterocycles. The maximum atomic E-state index is 10.9. The third-order valence-corrected chi connectivity index (χ3v) is 5.18. The number of rotatable bonds is 7. The van der Waals surface area contributed by atoms with Crippen LogP contribution in [0.15, 0.2) is 42.5 Å². The van der Waals surface area contributed by atoms with Gasteiger partial charge >= 0.3 is 0 Å².